The number of halogens is 2. The van der Waals surface area contributed by atoms with E-state index in [1.165, 1.54) is 16.8 Å². The standard InChI is InChI=1S/C10H14Cl2N4O2S/c1-19(17,18)16-4-2-3-7(6-16)14-9-8(11)5-13-10(12)15-9/h5,7H,2-4,6H2,1H3,(H,13,14,15)/t7-/m1/s1. The molecule has 0 aromatic carbocycles. The summed E-state index contributed by atoms with van der Waals surface area (Å²) < 4.78 is 24.5. The third kappa shape index (κ3) is 3.92. The average molecular weight is 325 g/mol. The van der Waals surface area contributed by atoms with E-state index in [1.807, 2.05) is 0 Å². The Labute approximate surface area is 122 Å². The van der Waals surface area contributed by atoms with Gasteiger partial charge in [0.25, 0.3) is 0 Å². The zero-order valence-electron chi connectivity index (χ0n) is 10.3. The van der Waals surface area contributed by atoms with Gasteiger partial charge in [0.2, 0.25) is 15.3 Å². The van der Waals surface area contributed by atoms with Gasteiger partial charge in [-0.3, -0.25) is 0 Å². The maximum absolute atomic E-state index is 11.5. The second-order valence-corrected chi connectivity index (χ2v) is 7.17. The van der Waals surface area contributed by atoms with E-state index in [0.29, 0.717) is 23.9 Å². The molecule has 1 aliphatic heterocycles. The summed E-state index contributed by atoms with van der Waals surface area (Å²) in [4.78, 5) is 7.76. The summed E-state index contributed by atoms with van der Waals surface area (Å²) in [7, 11) is -3.17. The van der Waals surface area contributed by atoms with Gasteiger partial charge < -0.3 is 5.32 Å². The Morgan fingerprint density at radius 2 is 2.21 bits per heavy atom. The van der Waals surface area contributed by atoms with E-state index < -0.39 is 10.0 Å². The minimum absolute atomic E-state index is 0.0352. The lowest BCUT2D eigenvalue weighted by atomic mass is 10.1. The fraction of sp³-hybridized carbons (Fsp3) is 0.600. The Morgan fingerprint density at radius 1 is 1.47 bits per heavy atom. The van der Waals surface area contributed by atoms with Crippen LogP contribution in [-0.4, -0.2) is 48.1 Å². The molecule has 0 bridgehead atoms. The van der Waals surface area contributed by atoms with Crippen molar-refractivity contribution in [2.75, 3.05) is 24.7 Å². The van der Waals surface area contributed by atoms with Gasteiger partial charge in [-0.05, 0) is 24.4 Å². The van der Waals surface area contributed by atoms with Crippen LogP contribution in [0.1, 0.15) is 12.8 Å². The topological polar surface area (TPSA) is 75.2 Å². The van der Waals surface area contributed by atoms with Crippen LogP contribution in [-0.2, 0) is 10.0 Å². The predicted octanol–water partition coefficient (Wildman–Crippen LogP) is 1.62. The van der Waals surface area contributed by atoms with E-state index in [1.54, 1.807) is 0 Å². The molecule has 1 aliphatic rings. The van der Waals surface area contributed by atoms with Crippen LogP contribution in [0.15, 0.2) is 6.20 Å². The molecule has 1 N–H and O–H groups in total. The summed E-state index contributed by atoms with van der Waals surface area (Å²) >= 11 is 11.7. The number of piperidine rings is 1. The van der Waals surface area contributed by atoms with Crippen molar-refractivity contribution in [1.29, 1.82) is 0 Å². The van der Waals surface area contributed by atoms with Crippen LogP contribution in [0.3, 0.4) is 0 Å². The van der Waals surface area contributed by atoms with Crippen molar-refractivity contribution in [2.45, 2.75) is 18.9 Å². The van der Waals surface area contributed by atoms with E-state index in [2.05, 4.69) is 15.3 Å². The van der Waals surface area contributed by atoms with Crippen LogP contribution in [0.25, 0.3) is 0 Å². The van der Waals surface area contributed by atoms with Crippen LogP contribution in [0.4, 0.5) is 5.82 Å². The van der Waals surface area contributed by atoms with Gasteiger partial charge in [0.05, 0.1) is 12.5 Å². The van der Waals surface area contributed by atoms with Gasteiger partial charge in [0.1, 0.15) is 10.8 Å². The maximum Gasteiger partial charge on any atom is 0.224 e. The summed E-state index contributed by atoms with van der Waals surface area (Å²) in [6.45, 7) is 0.950. The zero-order valence-corrected chi connectivity index (χ0v) is 12.6. The number of rotatable bonds is 3. The van der Waals surface area contributed by atoms with Crippen LogP contribution >= 0.6 is 23.2 Å². The van der Waals surface area contributed by atoms with Crippen molar-refractivity contribution in [3.05, 3.63) is 16.5 Å². The minimum atomic E-state index is -3.17. The molecule has 0 saturated carbocycles. The predicted molar refractivity (Wildman–Crippen MR) is 75.1 cm³/mol. The molecule has 1 saturated heterocycles. The lowest BCUT2D eigenvalue weighted by Crippen LogP contribution is -2.44. The van der Waals surface area contributed by atoms with Crippen molar-refractivity contribution in [2.24, 2.45) is 0 Å². The van der Waals surface area contributed by atoms with Gasteiger partial charge in [-0.2, -0.15) is 4.98 Å². The number of sulfonamides is 1. The molecule has 1 atom stereocenters. The van der Waals surface area contributed by atoms with Crippen LogP contribution in [0, 0.1) is 0 Å². The molecule has 19 heavy (non-hydrogen) atoms. The minimum Gasteiger partial charge on any atom is -0.365 e. The number of aromatic nitrogens is 2. The van der Waals surface area contributed by atoms with Crippen LogP contribution in [0.2, 0.25) is 10.3 Å². The molecule has 0 unspecified atom stereocenters. The largest absolute Gasteiger partial charge is 0.365 e. The van der Waals surface area contributed by atoms with Gasteiger partial charge in [-0.25, -0.2) is 17.7 Å². The van der Waals surface area contributed by atoms with Crippen LogP contribution in [0.5, 0.6) is 0 Å². The molecule has 1 aromatic rings. The third-order valence-electron chi connectivity index (χ3n) is 2.91. The molecule has 1 fully saturated rings. The smallest absolute Gasteiger partial charge is 0.224 e. The number of hydrogen-bond donors (Lipinski definition) is 1. The molecule has 106 valence electrons. The highest BCUT2D eigenvalue weighted by molar-refractivity contribution is 7.88. The summed E-state index contributed by atoms with van der Waals surface area (Å²) in [6.07, 6.45) is 4.27. The van der Waals surface area contributed by atoms with E-state index in [9.17, 15) is 8.42 Å². The lowest BCUT2D eigenvalue weighted by molar-refractivity contribution is 0.329. The average Bonchev–Trinajstić information content (AvgIpc) is 2.33. The zero-order chi connectivity index (χ0) is 14.0. The molecule has 0 aliphatic carbocycles. The lowest BCUT2D eigenvalue weighted by Gasteiger charge is -2.31. The van der Waals surface area contributed by atoms with E-state index in [4.69, 9.17) is 23.2 Å². The molecular weight excluding hydrogens is 311 g/mol. The molecule has 9 heteroatoms. The monoisotopic (exact) mass is 324 g/mol. The first-order valence-electron chi connectivity index (χ1n) is 5.76. The first-order chi connectivity index (χ1) is 8.86. The van der Waals surface area contributed by atoms with Crippen molar-refractivity contribution >= 4 is 39.0 Å². The number of nitrogens with zero attached hydrogens (tertiary/aromatic N) is 3. The Kier molecular flexibility index (Phi) is 4.50. The second kappa shape index (κ2) is 5.78. The Bertz CT molecular complexity index is 567. The molecule has 2 heterocycles. The van der Waals surface area contributed by atoms with E-state index in [0.717, 1.165) is 12.8 Å². The highest BCUT2D eigenvalue weighted by atomic mass is 35.5. The molecule has 6 nitrogen and oxygen atoms in total. The second-order valence-electron chi connectivity index (χ2n) is 4.44. The highest BCUT2D eigenvalue weighted by Crippen LogP contribution is 2.23. The van der Waals surface area contributed by atoms with Crippen molar-refractivity contribution < 1.29 is 8.42 Å². The fourth-order valence-electron chi connectivity index (χ4n) is 2.00. The Balaban J connectivity index is 2.09. The maximum atomic E-state index is 11.5. The van der Waals surface area contributed by atoms with Gasteiger partial charge in [-0.1, -0.05) is 11.6 Å². The summed E-state index contributed by atoms with van der Waals surface area (Å²) in [6, 6.07) is -0.0352. The number of nitrogens with one attached hydrogen (secondary N) is 1. The molecule has 0 spiro atoms. The van der Waals surface area contributed by atoms with Gasteiger partial charge >= 0.3 is 0 Å². The molecule has 1 aromatic heterocycles. The highest BCUT2D eigenvalue weighted by Gasteiger charge is 2.26. The van der Waals surface area contributed by atoms with E-state index in [-0.39, 0.29) is 11.3 Å². The Hall–Kier alpha value is -0.630. The molecule has 0 radical (unpaired) electrons. The SMILES string of the molecule is CS(=O)(=O)N1CCC[C@@H](Nc2nc(Cl)ncc2Cl)C1. The van der Waals surface area contributed by atoms with Crippen molar-refractivity contribution in [3.63, 3.8) is 0 Å². The summed E-state index contributed by atoms with van der Waals surface area (Å²) in [5.41, 5.74) is 0. The van der Waals surface area contributed by atoms with Crippen molar-refractivity contribution in [1.82, 2.24) is 14.3 Å². The van der Waals surface area contributed by atoms with Gasteiger partial charge in [-0.15, -0.1) is 0 Å². The normalized spacial score (nSPS) is 21.3. The number of hydrogen-bond acceptors (Lipinski definition) is 5. The van der Waals surface area contributed by atoms with Gasteiger partial charge in [0, 0.05) is 19.1 Å². The van der Waals surface area contributed by atoms with E-state index >= 15 is 0 Å². The quantitative estimate of drug-likeness (QED) is 0.855. The fourth-order valence-corrected chi connectivity index (χ4v) is 3.19. The first kappa shape index (κ1) is 14.8. The van der Waals surface area contributed by atoms with Crippen molar-refractivity contribution in [3.8, 4) is 0 Å². The number of anilines is 1. The molecular formula is C10H14Cl2N4O2S. The van der Waals surface area contributed by atoms with Gasteiger partial charge in [0.15, 0.2) is 0 Å². The summed E-state index contributed by atoms with van der Waals surface area (Å²) in [5.74, 6) is 0.432. The summed E-state index contributed by atoms with van der Waals surface area (Å²) in [5, 5.41) is 3.58. The molecule has 2 rings (SSSR count). The third-order valence-corrected chi connectivity index (χ3v) is 4.64. The first-order valence-corrected chi connectivity index (χ1v) is 8.36. The van der Waals surface area contributed by atoms with Crippen LogP contribution < -0.4 is 5.32 Å². The Morgan fingerprint density at radius 3 is 2.89 bits per heavy atom. The molecule has 0 amide bonds.